The number of piperidine rings is 2. The van der Waals surface area contributed by atoms with Crippen LogP contribution in [-0.4, -0.2) is 52.1 Å². The zero-order chi connectivity index (χ0) is 18.2. The number of carbonyl (C=O) groups is 1. The minimum Gasteiger partial charge on any atom is -0.391 e. The highest BCUT2D eigenvalue weighted by Crippen LogP contribution is 2.45. The van der Waals surface area contributed by atoms with Gasteiger partial charge in [-0.3, -0.25) is 9.69 Å². The summed E-state index contributed by atoms with van der Waals surface area (Å²) in [5, 5.41) is 10.7. The number of rotatable bonds is 2. The van der Waals surface area contributed by atoms with E-state index in [2.05, 4.69) is 36.1 Å². The van der Waals surface area contributed by atoms with E-state index in [4.69, 9.17) is 0 Å². The molecule has 1 unspecified atom stereocenters. The Bertz CT molecular complexity index is 615. The van der Waals surface area contributed by atoms with Crippen LogP contribution < -0.4 is 0 Å². The lowest BCUT2D eigenvalue weighted by atomic mass is 9.67. The van der Waals surface area contributed by atoms with Crippen LogP contribution >= 0.6 is 0 Å². The summed E-state index contributed by atoms with van der Waals surface area (Å²) in [5.74, 6) is 0.0743. The molecule has 2 heterocycles. The summed E-state index contributed by atoms with van der Waals surface area (Å²) in [5.41, 5.74) is 2.27. The van der Waals surface area contributed by atoms with Crippen LogP contribution in [0.25, 0.3) is 0 Å². The van der Waals surface area contributed by atoms with Crippen LogP contribution in [0.15, 0.2) is 24.3 Å². The Kier molecular flexibility index (Phi) is 4.95. The molecule has 2 aliphatic heterocycles. The van der Waals surface area contributed by atoms with E-state index in [9.17, 15) is 9.90 Å². The molecule has 138 valence electrons. The fourth-order valence-corrected chi connectivity index (χ4v) is 4.46. The third-order valence-electron chi connectivity index (χ3n) is 6.45. The highest BCUT2D eigenvalue weighted by molar-refractivity contribution is 5.74. The van der Waals surface area contributed by atoms with Gasteiger partial charge in [-0.15, -0.1) is 0 Å². The van der Waals surface area contributed by atoms with Gasteiger partial charge in [0.05, 0.1) is 11.6 Å². The van der Waals surface area contributed by atoms with Gasteiger partial charge in [-0.1, -0.05) is 29.8 Å². The van der Waals surface area contributed by atoms with E-state index in [1.807, 2.05) is 18.7 Å². The summed E-state index contributed by atoms with van der Waals surface area (Å²) < 4.78 is 0. The first-order valence-corrected chi connectivity index (χ1v) is 9.46. The van der Waals surface area contributed by atoms with E-state index in [-0.39, 0.29) is 11.3 Å². The maximum atomic E-state index is 12.1. The highest BCUT2D eigenvalue weighted by atomic mass is 16.3. The number of amides is 1. The molecule has 2 fully saturated rings. The lowest BCUT2D eigenvalue weighted by molar-refractivity contribution is -0.157. The Labute approximate surface area is 151 Å². The molecule has 0 aromatic heterocycles. The van der Waals surface area contributed by atoms with Crippen LogP contribution in [-0.2, 0) is 11.3 Å². The first-order valence-electron chi connectivity index (χ1n) is 9.46. The van der Waals surface area contributed by atoms with Crippen molar-refractivity contribution in [2.45, 2.75) is 65.1 Å². The van der Waals surface area contributed by atoms with Gasteiger partial charge in [0, 0.05) is 20.0 Å². The zero-order valence-corrected chi connectivity index (χ0v) is 16.1. The number of nitrogens with zero attached hydrogens (tertiary/aromatic N) is 2. The van der Waals surface area contributed by atoms with Gasteiger partial charge in [-0.05, 0) is 64.1 Å². The fourth-order valence-electron chi connectivity index (χ4n) is 4.46. The largest absolute Gasteiger partial charge is 0.391 e. The summed E-state index contributed by atoms with van der Waals surface area (Å²) in [7, 11) is 0. The Hall–Kier alpha value is -1.39. The van der Waals surface area contributed by atoms with Crippen LogP contribution in [0, 0.1) is 12.3 Å². The summed E-state index contributed by atoms with van der Waals surface area (Å²) in [6.45, 7) is 11.5. The Morgan fingerprint density at radius 3 is 2.36 bits per heavy atom. The number of carbonyl (C=O) groups excluding carboxylic acids is 1. The lowest BCUT2D eigenvalue weighted by Crippen LogP contribution is -2.64. The predicted octanol–water partition coefficient (Wildman–Crippen LogP) is 2.97. The van der Waals surface area contributed by atoms with Crippen LogP contribution in [0.5, 0.6) is 0 Å². The van der Waals surface area contributed by atoms with Crippen molar-refractivity contribution in [3.05, 3.63) is 35.4 Å². The molecule has 1 atom stereocenters. The van der Waals surface area contributed by atoms with E-state index < -0.39 is 11.6 Å². The van der Waals surface area contributed by atoms with Crippen molar-refractivity contribution in [1.29, 1.82) is 0 Å². The quantitative estimate of drug-likeness (QED) is 0.897. The second-order valence-corrected chi connectivity index (χ2v) is 8.74. The molecule has 1 amide bonds. The number of aliphatic hydroxyl groups is 1. The van der Waals surface area contributed by atoms with E-state index >= 15 is 0 Å². The Morgan fingerprint density at radius 2 is 1.80 bits per heavy atom. The second kappa shape index (κ2) is 6.73. The maximum absolute atomic E-state index is 12.1. The number of benzene rings is 1. The molecule has 0 radical (unpaired) electrons. The molecule has 3 rings (SSSR count). The lowest BCUT2D eigenvalue weighted by Gasteiger charge is -2.55. The van der Waals surface area contributed by atoms with Gasteiger partial charge in [0.15, 0.2) is 0 Å². The van der Waals surface area contributed by atoms with Crippen molar-refractivity contribution < 1.29 is 9.90 Å². The molecule has 1 N–H and O–H groups in total. The average molecular weight is 344 g/mol. The minimum atomic E-state index is -0.462. The first-order chi connectivity index (χ1) is 11.7. The number of hydrogen-bond acceptors (Lipinski definition) is 3. The van der Waals surface area contributed by atoms with E-state index in [1.165, 1.54) is 11.1 Å². The van der Waals surface area contributed by atoms with Crippen molar-refractivity contribution in [2.75, 3.05) is 19.6 Å². The van der Waals surface area contributed by atoms with Gasteiger partial charge < -0.3 is 10.0 Å². The number of hydrogen-bond donors (Lipinski definition) is 1. The average Bonchev–Trinajstić information content (AvgIpc) is 2.55. The summed E-state index contributed by atoms with van der Waals surface area (Å²) >= 11 is 0. The van der Waals surface area contributed by atoms with Crippen molar-refractivity contribution in [2.24, 2.45) is 5.41 Å². The fraction of sp³-hybridized carbons (Fsp3) is 0.667. The molecule has 1 spiro atoms. The molecule has 0 saturated carbocycles. The van der Waals surface area contributed by atoms with Crippen molar-refractivity contribution in [1.82, 2.24) is 9.80 Å². The van der Waals surface area contributed by atoms with Gasteiger partial charge in [0.25, 0.3) is 0 Å². The number of aryl methyl sites for hydroxylation is 1. The SMILES string of the molecule is CC(=O)N1CC2(CCN(Cc3ccc(C)cc3)CC2)CC(O)C1(C)C. The van der Waals surface area contributed by atoms with E-state index in [1.54, 1.807) is 6.92 Å². The first kappa shape index (κ1) is 18.4. The Balaban J connectivity index is 1.64. The van der Waals surface area contributed by atoms with E-state index in [0.717, 1.165) is 45.4 Å². The van der Waals surface area contributed by atoms with Crippen molar-refractivity contribution in [3.8, 4) is 0 Å². The van der Waals surface area contributed by atoms with Crippen molar-refractivity contribution >= 4 is 5.91 Å². The van der Waals surface area contributed by atoms with Crippen molar-refractivity contribution in [3.63, 3.8) is 0 Å². The third kappa shape index (κ3) is 3.75. The van der Waals surface area contributed by atoms with Crippen LogP contribution in [0.1, 0.15) is 51.2 Å². The molecule has 4 nitrogen and oxygen atoms in total. The van der Waals surface area contributed by atoms with Crippen LogP contribution in [0.3, 0.4) is 0 Å². The van der Waals surface area contributed by atoms with Gasteiger partial charge in [0.2, 0.25) is 5.91 Å². The van der Waals surface area contributed by atoms with Crippen LogP contribution in [0.4, 0.5) is 0 Å². The molecule has 25 heavy (non-hydrogen) atoms. The standard InChI is InChI=1S/C21H32N2O2/c1-16-5-7-18(8-6-16)14-22-11-9-21(10-12-22)13-19(25)20(3,4)23(15-21)17(2)24/h5-8,19,25H,9-15H2,1-4H3. The highest BCUT2D eigenvalue weighted by Gasteiger charge is 2.50. The van der Waals surface area contributed by atoms with Gasteiger partial charge in [-0.2, -0.15) is 0 Å². The number of likely N-dealkylation sites (tertiary alicyclic amines) is 2. The molecule has 0 bridgehead atoms. The maximum Gasteiger partial charge on any atom is 0.219 e. The summed E-state index contributed by atoms with van der Waals surface area (Å²) in [6.07, 6.45) is 2.46. The van der Waals surface area contributed by atoms with Crippen LogP contribution in [0.2, 0.25) is 0 Å². The summed E-state index contributed by atoms with van der Waals surface area (Å²) in [4.78, 5) is 16.5. The molecule has 0 aliphatic carbocycles. The second-order valence-electron chi connectivity index (χ2n) is 8.74. The van der Waals surface area contributed by atoms with Gasteiger partial charge in [0.1, 0.15) is 0 Å². The normalized spacial score (nSPS) is 26.0. The monoisotopic (exact) mass is 344 g/mol. The number of aliphatic hydroxyl groups excluding tert-OH is 1. The molecule has 2 saturated heterocycles. The molecule has 4 heteroatoms. The molecule has 1 aromatic rings. The summed E-state index contributed by atoms with van der Waals surface area (Å²) in [6, 6.07) is 8.77. The predicted molar refractivity (Wildman–Crippen MR) is 100 cm³/mol. The molecular weight excluding hydrogens is 312 g/mol. The Morgan fingerprint density at radius 1 is 1.20 bits per heavy atom. The molecule has 1 aromatic carbocycles. The molecule has 2 aliphatic rings. The smallest absolute Gasteiger partial charge is 0.219 e. The zero-order valence-electron chi connectivity index (χ0n) is 16.1. The van der Waals surface area contributed by atoms with Gasteiger partial charge in [-0.25, -0.2) is 0 Å². The minimum absolute atomic E-state index is 0.0738. The molecular formula is C21H32N2O2. The third-order valence-corrected chi connectivity index (χ3v) is 6.45. The van der Waals surface area contributed by atoms with E-state index in [0.29, 0.717) is 0 Å². The van der Waals surface area contributed by atoms with Gasteiger partial charge >= 0.3 is 0 Å². The topological polar surface area (TPSA) is 43.8 Å².